The van der Waals surface area contributed by atoms with Gasteiger partial charge in [-0.25, -0.2) is 4.79 Å². The number of pyridine rings is 1. The molecular weight excluding hydrogens is 276 g/mol. The molecule has 0 unspecified atom stereocenters. The molecule has 3 aromatic rings. The van der Waals surface area contributed by atoms with Crippen molar-refractivity contribution >= 4 is 28.2 Å². The van der Waals surface area contributed by atoms with Crippen molar-refractivity contribution in [2.45, 2.75) is 13.3 Å². The van der Waals surface area contributed by atoms with E-state index >= 15 is 0 Å². The number of nitrogens with one attached hydrogen (secondary N) is 1. The minimum Gasteiger partial charge on any atom is -0.478 e. The molecule has 1 aromatic heterocycles. The van der Waals surface area contributed by atoms with Crippen LogP contribution in [0.2, 0.25) is 0 Å². The highest BCUT2D eigenvalue weighted by Gasteiger charge is 2.11. The van der Waals surface area contributed by atoms with E-state index in [0.29, 0.717) is 5.69 Å². The van der Waals surface area contributed by atoms with Gasteiger partial charge in [0.05, 0.1) is 28.7 Å². The fourth-order valence-electron chi connectivity index (χ4n) is 2.39. The fourth-order valence-corrected chi connectivity index (χ4v) is 2.39. The minimum absolute atomic E-state index is 0.271. The zero-order chi connectivity index (χ0) is 15.5. The predicted octanol–water partition coefficient (Wildman–Crippen LogP) is 4.24. The Hall–Kier alpha value is -2.88. The lowest BCUT2D eigenvalue weighted by molar-refractivity contribution is 0.0698. The number of carbonyl (C=O) groups is 1. The molecule has 3 rings (SSSR count). The van der Waals surface area contributed by atoms with Crippen molar-refractivity contribution < 1.29 is 9.90 Å². The van der Waals surface area contributed by atoms with Crippen LogP contribution in [0.3, 0.4) is 0 Å². The second-order valence-electron chi connectivity index (χ2n) is 5.08. The van der Waals surface area contributed by atoms with E-state index in [0.717, 1.165) is 28.6 Å². The number of aromatic carboxylic acids is 1. The zero-order valence-electron chi connectivity index (χ0n) is 12.2. The average Bonchev–Trinajstić information content (AvgIpc) is 2.55. The van der Waals surface area contributed by atoms with Gasteiger partial charge in [-0.1, -0.05) is 31.2 Å². The summed E-state index contributed by atoms with van der Waals surface area (Å²) in [5.41, 5.74) is 3.52. The second-order valence-corrected chi connectivity index (χ2v) is 5.08. The van der Waals surface area contributed by atoms with Crippen molar-refractivity contribution in [1.82, 2.24) is 4.98 Å². The third kappa shape index (κ3) is 2.76. The van der Waals surface area contributed by atoms with Crippen LogP contribution in [0.4, 0.5) is 11.4 Å². The summed E-state index contributed by atoms with van der Waals surface area (Å²) in [6, 6.07) is 15.2. The van der Waals surface area contributed by atoms with E-state index < -0.39 is 5.97 Å². The molecule has 0 bridgehead atoms. The normalized spacial score (nSPS) is 10.6. The summed E-state index contributed by atoms with van der Waals surface area (Å²) in [7, 11) is 0. The summed E-state index contributed by atoms with van der Waals surface area (Å²) in [5, 5.41) is 13.5. The number of hydrogen-bond acceptors (Lipinski definition) is 3. The summed E-state index contributed by atoms with van der Waals surface area (Å²) in [4.78, 5) is 15.8. The van der Waals surface area contributed by atoms with Gasteiger partial charge in [-0.15, -0.1) is 0 Å². The third-order valence-corrected chi connectivity index (χ3v) is 3.59. The molecular formula is C18H16N2O2. The van der Waals surface area contributed by atoms with E-state index in [4.69, 9.17) is 0 Å². The first-order chi connectivity index (χ1) is 10.7. The molecule has 0 aliphatic rings. The van der Waals surface area contributed by atoms with E-state index in [1.807, 2.05) is 43.3 Å². The van der Waals surface area contributed by atoms with Crippen LogP contribution in [0.25, 0.3) is 10.9 Å². The molecule has 0 spiro atoms. The van der Waals surface area contributed by atoms with Crippen molar-refractivity contribution in [2.75, 3.05) is 5.32 Å². The van der Waals surface area contributed by atoms with Crippen molar-refractivity contribution in [3.8, 4) is 0 Å². The Balaban J connectivity index is 1.98. The van der Waals surface area contributed by atoms with Crippen LogP contribution in [0, 0.1) is 0 Å². The van der Waals surface area contributed by atoms with Crippen LogP contribution in [0.15, 0.2) is 54.7 Å². The first kappa shape index (κ1) is 14.1. The predicted molar refractivity (Wildman–Crippen MR) is 87.8 cm³/mol. The van der Waals surface area contributed by atoms with Gasteiger partial charge in [-0.3, -0.25) is 4.98 Å². The Morgan fingerprint density at radius 2 is 2.00 bits per heavy atom. The van der Waals surface area contributed by atoms with Gasteiger partial charge < -0.3 is 10.4 Å². The number of aryl methyl sites for hydroxylation is 1. The van der Waals surface area contributed by atoms with Gasteiger partial charge in [-0.2, -0.15) is 0 Å². The molecule has 0 aliphatic heterocycles. The van der Waals surface area contributed by atoms with E-state index in [1.165, 1.54) is 0 Å². The van der Waals surface area contributed by atoms with Gasteiger partial charge in [0.15, 0.2) is 0 Å². The standard InChI is InChI=1S/C18H16N2O2/c1-2-12-7-8-17(15(9-12)18(21)22)20-14-10-13-5-3-4-6-16(13)19-11-14/h3-11,20H,2H2,1H3,(H,21,22). The van der Waals surface area contributed by atoms with Crippen LogP contribution in [0.5, 0.6) is 0 Å². The number of benzene rings is 2. The number of nitrogens with zero attached hydrogens (tertiary/aromatic N) is 1. The first-order valence-corrected chi connectivity index (χ1v) is 7.15. The summed E-state index contributed by atoms with van der Waals surface area (Å²) < 4.78 is 0. The van der Waals surface area contributed by atoms with Gasteiger partial charge >= 0.3 is 5.97 Å². The maximum Gasteiger partial charge on any atom is 0.337 e. The molecule has 0 atom stereocenters. The van der Waals surface area contributed by atoms with E-state index in [2.05, 4.69) is 10.3 Å². The molecule has 0 saturated carbocycles. The molecule has 4 nitrogen and oxygen atoms in total. The Labute approximate surface area is 128 Å². The Bertz CT molecular complexity index is 843. The number of hydrogen-bond donors (Lipinski definition) is 2. The van der Waals surface area contributed by atoms with Gasteiger partial charge in [-0.05, 0) is 36.2 Å². The number of fused-ring (bicyclic) bond motifs is 1. The van der Waals surface area contributed by atoms with Gasteiger partial charge in [0, 0.05) is 5.39 Å². The van der Waals surface area contributed by atoms with Crippen molar-refractivity contribution in [3.05, 3.63) is 65.9 Å². The highest BCUT2D eigenvalue weighted by molar-refractivity contribution is 5.95. The topological polar surface area (TPSA) is 62.2 Å². The highest BCUT2D eigenvalue weighted by Crippen LogP contribution is 2.24. The molecule has 0 saturated heterocycles. The molecule has 1 heterocycles. The van der Waals surface area contributed by atoms with Crippen LogP contribution < -0.4 is 5.32 Å². The van der Waals surface area contributed by atoms with Gasteiger partial charge in [0.1, 0.15) is 0 Å². The molecule has 2 N–H and O–H groups in total. The molecule has 0 aliphatic carbocycles. The molecule has 4 heteroatoms. The van der Waals surface area contributed by atoms with E-state index in [-0.39, 0.29) is 5.56 Å². The van der Waals surface area contributed by atoms with Gasteiger partial charge in [0.2, 0.25) is 0 Å². The number of anilines is 2. The summed E-state index contributed by atoms with van der Waals surface area (Å²) in [5.74, 6) is -0.938. The Kier molecular flexibility index (Phi) is 3.74. The molecule has 2 aromatic carbocycles. The average molecular weight is 292 g/mol. The maximum atomic E-state index is 11.4. The molecule has 0 radical (unpaired) electrons. The van der Waals surface area contributed by atoms with Crippen molar-refractivity contribution in [1.29, 1.82) is 0 Å². The number of rotatable bonds is 4. The lowest BCUT2D eigenvalue weighted by atomic mass is 10.1. The van der Waals surface area contributed by atoms with Crippen LogP contribution in [0.1, 0.15) is 22.8 Å². The molecule has 110 valence electrons. The largest absolute Gasteiger partial charge is 0.478 e. The number of aromatic nitrogens is 1. The Morgan fingerprint density at radius 1 is 1.18 bits per heavy atom. The Morgan fingerprint density at radius 3 is 2.77 bits per heavy atom. The summed E-state index contributed by atoms with van der Waals surface area (Å²) >= 11 is 0. The number of carboxylic acids is 1. The SMILES string of the molecule is CCc1ccc(Nc2cnc3ccccc3c2)c(C(=O)O)c1. The van der Waals surface area contributed by atoms with E-state index in [9.17, 15) is 9.90 Å². The number of carboxylic acid groups (broad SMARTS) is 1. The first-order valence-electron chi connectivity index (χ1n) is 7.15. The van der Waals surface area contributed by atoms with Gasteiger partial charge in [0.25, 0.3) is 0 Å². The highest BCUT2D eigenvalue weighted by atomic mass is 16.4. The van der Waals surface area contributed by atoms with Crippen LogP contribution >= 0.6 is 0 Å². The lowest BCUT2D eigenvalue weighted by Crippen LogP contribution is -2.04. The summed E-state index contributed by atoms with van der Waals surface area (Å²) in [6.45, 7) is 2.00. The molecule has 0 fully saturated rings. The summed E-state index contributed by atoms with van der Waals surface area (Å²) in [6.07, 6.45) is 2.51. The van der Waals surface area contributed by atoms with Crippen molar-refractivity contribution in [2.24, 2.45) is 0 Å². The molecule has 0 amide bonds. The lowest BCUT2D eigenvalue weighted by Gasteiger charge is -2.11. The van der Waals surface area contributed by atoms with Crippen molar-refractivity contribution in [3.63, 3.8) is 0 Å². The quantitative estimate of drug-likeness (QED) is 0.755. The minimum atomic E-state index is -0.938. The second kappa shape index (κ2) is 5.85. The number of para-hydroxylation sites is 1. The monoisotopic (exact) mass is 292 g/mol. The van der Waals surface area contributed by atoms with Crippen LogP contribution in [-0.2, 0) is 6.42 Å². The maximum absolute atomic E-state index is 11.4. The molecule has 22 heavy (non-hydrogen) atoms. The van der Waals surface area contributed by atoms with Crippen LogP contribution in [-0.4, -0.2) is 16.1 Å². The smallest absolute Gasteiger partial charge is 0.337 e. The zero-order valence-corrected chi connectivity index (χ0v) is 12.2. The third-order valence-electron chi connectivity index (χ3n) is 3.59. The van der Waals surface area contributed by atoms with E-state index in [1.54, 1.807) is 18.3 Å². The fraction of sp³-hybridized carbons (Fsp3) is 0.111.